The molecular weight excluding hydrogens is 268 g/mol. The average molecular weight is 292 g/mol. The third-order valence-corrected chi connectivity index (χ3v) is 4.09. The Balaban J connectivity index is 1.82. The lowest BCUT2D eigenvalue weighted by molar-refractivity contribution is 0.120. The Morgan fingerprint density at radius 1 is 1.15 bits per heavy atom. The van der Waals surface area contributed by atoms with Gasteiger partial charge in [-0.15, -0.1) is 0 Å². The molecule has 20 heavy (non-hydrogen) atoms. The molecule has 0 heterocycles. The summed E-state index contributed by atoms with van der Waals surface area (Å²) in [6.45, 7) is 4.37. The van der Waals surface area contributed by atoms with Crippen molar-refractivity contribution in [2.24, 2.45) is 0 Å². The summed E-state index contributed by atoms with van der Waals surface area (Å²) >= 11 is 5.35. The second-order valence-corrected chi connectivity index (χ2v) is 6.29. The minimum Gasteiger partial charge on any atom is -0.393 e. The van der Waals surface area contributed by atoms with E-state index in [-0.39, 0.29) is 6.10 Å². The van der Waals surface area contributed by atoms with Crippen molar-refractivity contribution < 1.29 is 5.11 Å². The fourth-order valence-corrected chi connectivity index (χ4v) is 2.81. The summed E-state index contributed by atoms with van der Waals surface area (Å²) in [6, 6.07) is 8.77. The molecule has 0 unspecified atom stereocenters. The zero-order valence-electron chi connectivity index (χ0n) is 12.2. The van der Waals surface area contributed by atoms with Gasteiger partial charge in [0.05, 0.1) is 6.10 Å². The molecule has 0 bridgehead atoms. The molecule has 2 rings (SSSR count). The number of thiocarbonyl (C=S) groups is 1. The molecule has 110 valence electrons. The number of hydrogen-bond acceptors (Lipinski definition) is 2. The van der Waals surface area contributed by atoms with Crippen LogP contribution in [-0.2, 0) is 0 Å². The van der Waals surface area contributed by atoms with Crippen LogP contribution in [0.4, 0.5) is 5.69 Å². The highest BCUT2D eigenvalue weighted by Gasteiger charge is 2.19. The van der Waals surface area contributed by atoms with E-state index < -0.39 is 0 Å². The molecule has 1 saturated carbocycles. The summed E-state index contributed by atoms with van der Waals surface area (Å²) in [6.07, 6.45) is 3.57. The van der Waals surface area contributed by atoms with Crippen molar-refractivity contribution in [1.29, 1.82) is 0 Å². The number of aliphatic hydroxyl groups is 1. The zero-order chi connectivity index (χ0) is 14.5. The lowest BCUT2D eigenvalue weighted by Crippen LogP contribution is -2.40. The van der Waals surface area contributed by atoms with Crippen LogP contribution in [0.1, 0.15) is 51.0 Å². The van der Waals surface area contributed by atoms with E-state index in [1.807, 2.05) is 0 Å². The number of aliphatic hydroxyl groups excluding tert-OH is 1. The zero-order valence-corrected chi connectivity index (χ0v) is 13.0. The Morgan fingerprint density at radius 2 is 1.75 bits per heavy atom. The molecule has 0 aromatic heterocycles. The first-order chi connectivity index (χ1) is 9.54. The molecule has 1 fully saturated rings. The third-order valence-electron chi connectivity index (χ3n) is 3.87. The van der Waals surface area contributed by atoms with Crippen LogP contribution in [0.15, 0.2) is 24.3 Å². The van der Waals surface area contributed by atoms with Crippen LogP contribution in [-0.4, -0.2) is 22.4 Å². The van der Waals surface area contributed by atoms with Gasteiger partial charge in [0.1, 0.15) is 0 Å². The fourth-order valence-electron chi connectivity index (χ4n) is 2.52. The number of anilines is 1. The molecule has 1 aliphatic rings. The SMILES string of the molecule is CC(C)c1ccc(NC(=S)NC2CCC(O)CC2)cc1. The van der Waals surface area contributed by atoms with Crippen molar-refractivity contribution in [3.8, 4) is 0 Å². The van der Waals surface area contributed by atoms with E-state index in [0.29, 0.717) is 17.1 Å². The quantitative estimate of drug-likeness (QED) is 0.747. The molecule has 1 aromatic rings. The minimum absolute atomic E-state index is 0.127. The summed E-state index contributed by atoms with van der Waals surface area (Å²) < 4.78 is 0. The van der Waals surface area contributed by atoms with Crippen LogP contribution in [0.25, 0.3) is 0 Å². The van der Waals surface area contributed by atoms with Crippen molar-refractivity contribution in [3.05, 3.63) is 29.8 Å². The molecule has 1 aromatic carbocycles. The molecule has 0 saturated heterocycles. The first-order valence-electron chi connectivity index (χ1n) is 7.40. The molecule has 1 aliphatic carbocycles. The number of rotatable bonds is 3. The monoisotopic (exact) mass is 292 g/mol. The lowest BCUT2D eigenvalue weighted by atomic mass is 9.93. The summed E-state index contributed by atoms with van der Waals surface area (Å²) in [7, 11) is 0. The van der Waals surface area contributed by atoms with Gasteiger partial charge in [-0.25, -0.2) is 0 Å². The van der Waals surface area contributed by atoms with Gasteiger partial charge in [-0.05, 0) is 61.5 Å². The Labute approximate surface area is 126 Å². The first-order valence-corrected chi connectivity index (χ1v) is 7.81. The largest absolute Gasteiger partial charge is 0.393 e. The number of nitrogens with one attached hydrogen (secondary N) is 2. The van der Waals surface area contributed by atoms with Gasteiger partial charge in [0, 0.05) is 11.7 Å². The van der Waals surface area contributed by atoms with Crippen molar-refractivity contribution in [1.82, 2.24) is 5.32 Å². The highest BCUT2D eigenvalue weighted by atomic mass is 32.1. The van der Waals surface area contributed by atoms with Crippen LogP contribution in [0, 0.1) is 0 Å². The van der Waals surface area contributed by atoms with Gasteiger partial charge in [-0.2, -0.15) is 0 Å². The van der Waals surface area contributed by atoms with E-state index >= 15 is 0 Å². The van der Waals surface area contributed by atoms with E-state index in [2.05, 4.69) is 48.7 Å². The average Bonchev–Trinajstić information content (AvgIpc) is 2.42. The maximum absolute atomic E-state index is 9.49. The predicted molar refractivity (Wildman–Crippen MR) is 88.2 cm³/mol. The van der Waals surface area contributed by atoms with E-state index in [4.69, 9.17) is 12.2 Å². The predicted octanol–water partition coefficient (Wildman–Crippen LogP) is 3.40. The summed E-state index contributed by atoms with van der Waals surface area (Å²) in [4.78, 5) is 0. The van der Waals surface area contributed by atoms with E-state index in [1.54, 1.807) is 0 Å². The Kier molecular flexibility index (Phi) is 5.38. The topological polar surface area (TPSA) is 44.3 Å². The van der Waals surface area contributed by atoms with E-state index in [9.17, 15) is 5.11 Å². The molecule has 0 amide bonds. The van der Waals surface area contributed by atoms with E-state index in [0.717, 1.165) is 31.4 Å². The van der Waals surface area contributed by atoms with Crippen molar-refractivity contribution >= 4 is 23.0 Å². The van der Waals surface area contributed by atoms with Crippen molar-refractivity contribution in [2.75, 3.05) is 5.32 Å². The van der Waals surface area contributed by atoms with Gasteiger partial charge in [0.15, 0.2) is 5.11 Å². The van der Waals surface area contributed by atoms with Crippen LogP contribution in [0.2, 0.25) is 0 Å². The number of hydrogen-bond donors (Lipinski definition) is 3. The minimum atomic E-state index is -0.127. The fraction of sp³-hybridized carbons (Fsp3) is 0.562. The summed E-state index contributed by atoms with van der Waals surface area (Å²) in [5.74, 6) is 0.544. The highest BCUT2D eigenvalue weighted by Crippen LogP contribution is 2.19. The molecule has 3 nitrogen and oxygen atoms in total. The Morgan fingerprint density at radius 3 is 2.30 bits per heavy atom. The molecule has 0 atom stereocenters. The van der Waals surface area contributed by atoms with Crippen LogP contribution < -0.4 is 10.6 Å². The van der Waals surface area contributed by atoms with Gasteiger partial charge in [0.25, 0.3) is 0 Å². The normalized spacial score (nSPS) is 22.6. The van der Waals surface area contributed by atoms with Crippen molar-refractivity contribution in [2.45, 2.75) is 57.6 Å². The van der Waals surface area contributed by atoms with Gasteiger partial charge < -0.3 is 15.7 Å². The smallest absolute Gasteiger partial charge is 0.170 e. The summed E-state index contributed by atoms with van der Waals surface area (Å²) in [5, 5.41) is 16.7. The Hall–Kier alpha value is -1.13. The standard InChI is InChI=1S/C16H24N2OS/c1-11(2)12-3-5-13(6-4-12)17-16(20)18-14-7-9-15(19)10-8-14/h3-6,11,14-15,19H,7-10H2,1-2H3,(H2,17,18,20). The van der Waals surface area contributed by atoms with Crippen LogP contribution in [0.5, 0.6) is 0 Å². The van der Waals surface area contributed by atoms with Gasteiger partial charge >= 0.3 is 0 Å². The molecular formula is C16H24N2OS. The maximum atomic E-state index is 9.49. The summed E-state index contributed by atoms with van der Waals surface area (Å²) in [5.41, 5.74) is 2.35. The van der Waals surface area contributed by atoms with Gasteiger partial charge in [-0.1, -0.05) is 26.0 Å². The van der Waals surface area contributed by atoms with E-state index in [1.165, 1.54) is 5.56 Å². The lowest BCUT2D eigenvalue weighted by Gasteiger charge is -2.27. The Bertz CT molecular complexity index is 436. The second-order valence-electron chi connectivity index (χ2n) is 5.88. The molecule has 4 heteroatoms. The molecule has 0 aliphatic heterocycles. The van der Waals surface area contributed by atoms with Gasteiger partial charge in [0.2, 0.25) is 0 Å². The highest BCUT2D eigenvalue weighted by molar-refractivity contribution is 7.80. The van der Waals surface area contributed by atoms with Crippen LogP contribution in [0.3, 0.4) is 0 Å². The third kappa shape index (κ3) is 4.46. The van der Waals surface area contributed by atoms with Crippen LogP contribution >= 0.6 is 12.2 Å². The molecule has 3 N–H and O–H groups in total. The van der Waals surface area contributed by atoms with Crippen molar-refractivity contribution in [3.63, 3.8) is 0 Å². The first kappa shape index (κ1) is 15.3. The second kappa shape index (κ2) is 7.04. The molecule has 0 radical (unpaired) electrons. The van der Waals surface area contributed by atoms with Gasteiger partial charge in [-0.3, -0.25) is 0 Å². The number of benzene rings is 1. The molecule has 0 spiro atoms. The maximum Gasteiger partial charge on any atom is 0.170 e.